The van der Waals surface area contributed by atoms with Gasteiger partial charge in [-0.05, 0) is 42.0 Å². The predicted octanol–water partition coefficient (Wildman–Crippen LogP) is 3.34. The molecule has 4 rings (SSSR count). The number of hydrogen-bond acceptors (Lipinski definition) is 5. The molecule has 2 aromatic rings. The molecule has 0 spiro atoms. The van der Waals surface area contributed by atoms with Gasteiger partial charge in [0.15, 0.2) is 0 Å². The van der Waals surface area contributed by atoms with Crippen LogP contribution in [-0.4, -0.2) is 66.0 Å². The number of carbonyl (C=O) groups is 2. The van der Waals surface area contributed by atoms with Crippen molar-refractivity contribution in [3.8, 4) is 0 Å². The third-order valence-corrected chi connectivity index (χ3v) is 6.08. The molecule has 2 aliphatic heterocycles. The fourth-order valence-electron chi connectivity index (χ4n) is 3.97. The summed E-state index contributed by atoms with van der Waals surface area (Å²) in [4.78, 5) is 29.6. The third kappa shape index (κ3) is 4.56. The molecule has 1 atom stereocenters. The zero-order valence-corrected chi connectivity index (χ0v) is 18.3. The van der Waals surface area contributed by atoms with Crippen molar-refractivity contribution in [3.05, 3.63) is 75.5 Å². The second kappa shape index (κ2) is 9.30. The van der Waals surface area contributed by atoms with Gasteiger partial charge in [-0.15, -0.1) is 0 Å². The van der Waals surface area contributed by atoms with E-state index in [4.69, 9.17) is 4.74 Å². The molecule has 1 N–H and O–H groups in total. The maximum absolute atomic E-state index is 13.3. The van der Waals surface area contributed by atoms with Crippen LogP contribution in [0.5, 0.6) is 0 Å². The van der Waals surface area contributed by atoms with Gasteiger partial charge in [-0.25, -0.2) is 4.39 Å². The first-order chi connectivity index (χ1) is 15.0. The first-order valence-electron chi connectivity index (χ1n) is 10.1. The number of benzene rings is 2. The number of ether oxygens (including phenoxy) is 1. The summed E-state index contributed by atoms with van der Waals surface area (Å²) < 4.78 is 19.5. The monoisotopic (exact) mass is 488 g/mol. The van der Waals surface area contributed by atoms with E-state index >= 15 is 0 Å². The minimum atomic E-state index is -0.742. The lowest BCUT2D eigenvalue weighted by molar-refractivity contribution is -0.140. The molecule has 2 fully saturated rings. The Morgan fingerprint density at radius 3 is 2.48 bits per heavy atom. The van der Waals surface area contributed by atoms with Gasteiger partial charge >= 0.3 is 0 Å². The Morgan fingerprint density at radius 1 is 1.10 bits per heavy atom. The predicted molar refractivity (Wildman–Crippen MR) is 117 cm³/mol. The number of amides is 1. The number of morpholine rings is 1. The van der Waals surface area contributed by atoms with Crippen molar-refractivity contribution in [2.75, 3.05) is 39.4 Å². The summed E-state index contributed by atoms with van der Waals surface area (Å²) in [6.45, 7) is 3.73. The molecule has 2 aliphatic rings. The Kier molecular flexibility index (Phi) is 6.50. The highest BCUT2D eigenvalue weighted by Gasteiger charge is 2.46. The number of ketones is 1. The lowest BCUT2D eigenvalue weighted by Gasteiger charge is -2.31. The fraction of sp³-hybridized carbons (Fsp3) is 0.304. The molecule has 0 aromatic heterocycles. The molecule has 2 heterocycles. The number of rotatable bonds is 5. The molecule has 2 saturated heterocycles. The summed E-state index contributed by atoms with van der Waals surface area (Å²) >= 11 is 3.44. The second-order valence-corrected chi connectivity index (χ2v) is 8.42. The van der Waals surface area contributed by atoms with Crippen LogP contribution in [0.4, 0.5) is 4.39 Å². The highest BCUT2D eigenvalue weighted by Crippen LogP contribution is 2.39. The summed E-state index contributed by atoms with van der Waals surface area (Å²) in [5.74, 6) is -2.15. The molecule has 2 aromatic carbocycles. The Balaban J connectivity index is 1.73. The molecule has 1 amide bonds. The Bertz CT molecular complexity index is 1020. The van der Waals surface area contributed by atoms with Crippen molar-refractivity contribution >= 4 is 33.4 Å². The van der Waals surface area contributed by atoms with E-state index < -0.39 is 23.5 Å². The quantitative estimate of drug-likeness (QED) is 0.397. The molecule has 0 unspecified atom stereocenters. The minimum absolute atomic E-state index is 0.0108. The topological polar surface area (TPSA) is 70.1 Å². The van der Waals surface area contributed by atoms with Crippen LogP contribution in [0.3, 0.4) is 0 Å². The Hall–Kier alpha value is -2.55. The van der Waals surface area contributed by atoms with Crippen molar-refractivity contribution in [2.24, 2.45) is 0 Å². The molecular weight excluding hydrogens is 467 g/mol. The smallest absolute Gasteiger partial charge is 0.295 e. The molecular formula is C23H22BrFN2O4. The van der Waals surface area contributed by atoms with Gasteiger partial charge < -0.3 is 14.7 Å². The van der Waals surface area contributed by atoms with E-state index in [-0.39, 0.29) is 16.9 Å². The van der Waals surface area contributed by atoms with Crippen LogP contribution in [0.15, 0.2) is 58.6 Å². The number of halogens is 2. The first kappa shape index (κ1) is 21.7. The zero-order chi connectivity index (χ0) is 22.0. The van der Waals surface area contributed by atoms with E-state index in [0.717, 1.165) is 17.6 Å². The highest BCUT2D eigenvalue weighted by atomic mass is 79.9. The van der Waals surface area contributed by atoms with E-state index in [1.54, 1.807) is 0 Å². The molecule has 0 radical (unpaired) electrons. The average Bonchev–Trinajstić information content (AvgIpc) is 3.03. The van der Waals surface area contributed by atoms with Gasteiger partial charge in [0.1, 0.15) is 11.6 Å². The summed E-state index contributed by atoms with van der Waals surface area (Å²) in [6.07, 6.45) is 0. The lowest BCUT2D eigenvalue weighted by Crippen LogP contribution is -2.42. The van der Waals surface area contributed by atoms with E-state index in [2.05, 4.69) is 20.8 Å². The third-order valence-electron chi connectivity index (χ3n) is 5.58. The second-order valence-electron chi connectivity index (χ2n) is 7.51. The largest absolute Gasteiger partial charge is 0.507 e. The van der Waals surface area contributed by atoms with Crippen molar-refractivity contribution in [1.82, 2.24) is 9.80 Å². The van der Waals surface area contributed by atoms with Crippen LogP contribution < -0.4 is 0 Å². The Labute approximate surface area is 188 Å². The van der Waals surface area contributed by atoms with Crippen LogP contribution in [-0.2, 0) is 14.3 Å². The highest BCUT2D eigenvalue weighted by molar-refractivity contribution is 9.10. The molecule has 8 heteroatoms. The summed E-state index contributed by atoms with van der Waals surface area (Å²) in [5, 5.41) is 11.0. The van der Waals surface area contributed by atoms with Crippen molar-refractivity contribution in [1.29, 1.82) is 0 Å². The van der Waals surface area contributed by atoms with Crippen LogP contribution in [0.1, 0.15) is 17.2 Å². The Morgan fingerprint density at radius 2 is 1.81 bits per heavy atom. The van der Waals surface area contributed by atoms with Crippen molar-refractivity contribution in [3.63, 3.8) is 0 Å². The average molecular weight is 489 g/mol. The van der Waals surface area contributed by atoms with Gasteiger partial charge in [0.2, 0.25) is 0 Å². The number of nitrogens with zero attached hydrogens (tertiary/aromatic N) is 2. The van der Waals surface area contributed by atoms with E-state index in [1.807, 2.05) is 24.3 Å². The summed E-state index contributed by atoms with van der Waals surface area (Å²) in [5.41, 5.74) is 1.00. The van der Waals surface area contributed by atoms with Crippen molar-refractivity contribution in [2.45, 2.75) is 6.04 Å². The molecule has 162 valence electrons. The number of Topliss-reactive ketones (excluding diaryl/α,β-unsaturated/α-hetero) is 1. The number of aliphatic hydroxyl groups is 1. The van der Waals surface area contributed by atoms with Crippen LogP contribution >= 0.6 is 15.9 Å². The van der Waals surface area contributed by atoms with Gasteiger partial charge in [-0.2, -0.15) is 0 Å². The van der Waals surface area contributed by atoms with E-state index in [9.17, 15) is 19.1 Å². The van der Waals surface area contributed by atoms with Gasteiger partial charge in [0.25, 0.3) is 11.7 Å². The number of hydrogen-bond donors (Lipinski definition) is 1. The van der Waals surface area contributed by atoms with Crippen LogP contribution in [0.25, 0.3) is 5.76 Å². The van der Waals surface area contributed by atoms with Gasteiger partial charge in [-0.3, -0.25) is 14.5 Å². The van der Waals surface area contributed by atoms with E-state index in [1.165, 1.54) is 29.2 Å². The maximum Gasteiger partial charge on any atom is 0.295 e. The first-order valence-corrected chi connectivity index (χ1v) is 10.8. The fourth-order valence-corrected chi connectivity index (χ4v) is 4.39. The zero-order valence-electron chi connectivity index (χ0n) is 16.8. The van der Waals surface area contributed by atoms with Gasteiger partial charge in [0, 0.05) is 36.2 Å². The number of carbonyl (C=O) groups excluding carboxylic acids is 2. The number of aliphatic hydroxyl groups excluding tert-OH is 1. The normalized spacial score (nSPS) is 21.6. The summed E-state index contributed by atoms with van der Waals surface area (Å²) in [7, 11) is 0. The number of likely N-dealkylation sites (tertiary alicyclic amines) is 1. The van der Waals surface area contributed by atoms with E-state index in [0.29, 0.717) is 31.9 Å². The summed E-state index contributed by atoms with van der Waals surface area (Å²) in [6, 6.07) is 11.8. The minimum Gasteiger partial charge on any atom is -0.507 e. The molecule has 0 bridgehead atoms. The standard InChI is InChI=1S/C23H22BrFN2O4/c24-17-3-1-2-16(14-17)20-19(21(28)15-4-6-18(25)7-5-15)22(29)23(30)27(20)9-8-26-10-12-31-13-11-26/h1-7,14,20,28H,8-13H2/t20-/m0/s1. The molecule has 31 heavy (non-hydrogen) atoms. The molecule has 0 aliphatic carbocycles. The van der Waals surface area contributed by atoms with Crippen molar-refractivity contribution < 1.29 is 23.8 Å². The maximum atomic E-state index is 13.3. The molecule has 6 nitrogen and oxygen atoms in total. The van der Waals surface area contributed by atoms with Crippen LogP contribution in [0, 0.1) is 5.82 Å². The van der Waals surface area contributed by atoms with Gasteiger partial charge in [-0.1, -0.05) is 28.1 Å². The lowest BCUT2D eigenvalue weighted by atomic mass is 9.95. The van der Waals surface area contributed by atoms with Gasteiger partial charge in [0.05, 0.1) is 24.8 Å². The molecule has 0 saturated carbocycles. The van der Waals surface area contributed by atoms with Crippen LogP contribution in [0.2, 0.25) is 0 Å². The SMILES string of the molecule is O=C1C(=O)N(CCN2CCOCC2)[C@@H](c2cccc(Br)c2)C1=C(O)c1ccc(F)cc1.